The second kappa shape index (κ2) is 6.39. The smallest absolute Gasteiger partial charge is 0.242 e. The summed E-state index contributed by atoms with van der Waals surface area (Å²) < 4.78 is 0. The van der Waals surface area contributed by atoms with Crippen LogP contribution in [0.3, 0.4) is 0 Å². The Kier molecular flexibility index (Phi) is 4.68. The topological polar surface area (TPSA) is 43.1 Å². The molecule has 0 aliphatic carbocycles. The highest BCUT2D eigenvalue weighted by molar-refractivity contribution is 5.18. The van der Waals surface area contributed by atoms with Crippen LogP contribution in [0.15, 0.2) is 42.6 Å². The molecule has 0 saturated heterocycles. The minimum absolute atomic E-state index is 0.522. The van der Waals surface area contributed by atoms with E-state index in [9.17, 15) is 10.1 Å². The van der Waals surface area contributed by atoms with Gasteiger partial charge in [0.2, 0.25) is 6.20 Å². The standard InChI is InChI=1S/C12H11NO2/c14-13(15)11-7-2-1-4-8-12-9-5-3-6-10-12/h3,5-7,9-11H,4,8H2/b11-7+. The molecular weight excluding hydrogens is 190 g/mol. The fraction of sp³-hybridized carbons (Fsp3) is 0.167. The molecule has 0 amide bonds. The first kappa shape index (κ1) is 11.0. The number of nitrogens with zero attached hydrogens (tertiary/aromatic N) is 1. The quantitative estimate of drug-likeness (QED) is 0.428. The van der Waals surface area contributed by atoms with Crippen LogP contribution in [0.1, 0.15) is 12.0 Å². The minimum Gasteiger partial charge on any atom is -0.259 e. The Morgan fingerprint density at radius 2 is 2.07 bits per heavy atom. The zero-order chi connectivity index (χ0) is 10.9. The molecule has 3 nitrogen and oxygen atoms in total. The molecule has 1 aromatic rings. The number of allylic oxidation sites excluding steroid dienone is 1. The highest BCUT2D eigenvalue weighted by Gasteiger charge is 1.87. The molecule has 1 rings (SSSR count). The molecule has 0 fully saturated rings. The van der Waals surface area contributed by atoms with Crippen LogP contribution in [0.2, 0.25) is 0 Å². The highest BCUT2D eigenvalue weighted by atomic mass is 16.6. The van der Waals surface area contributed by atoms with Crippen LogP contribution in [0, 0.1) is 22.0 Å². The van der Waals surface area contributed by atoms with E-state index in [-0.39, 0.29) is 0 Å². The van der Waals surface area contributed by atoms with Gasteiger partial charge in [0.05, 0.1) is 11.0 Å². The lowest BCUT2D eigenvalue weighted by molar-refractivity contribution is -0.402. The maximum atomic E-state index is 9.90. The Morgan fingerprint density at radius 1 is 1.33 bits per heavy atom. The summed E-state index contributed by atoms with van der Waals surface area (Å²) in [6.45, 7) is 0. The second-order valence-corrected chi connectivity index (χ2v) is 2.91. The zero-order valence-corrected chi connectivity index (χ0v) is 8.22. The Morgan fingerprint density at radius 3 is 2.73 bits per heavy atom. The first-order chi connectivity index (χ1) is 7.29. The molecule has 15 heavy (non-hydrogen) atoms. The molecule has 0 unspecified atom stereocenters. The molecule has 0 aliphatic rings. The average molecular weight is 201 g/mol. The summed E-state index contributed by atoms with van der Waals surface area (Å²) in [6.07, 6.45) is 3.69. The van der Waals surface area contributed by atoms with Gasteiger partial charge < -0.3 is 0 Å². The molecule has 0 saturated carbocycles. The molecule has 0 aromatic heterocycles. The van der Waals surface area contributed by atoms with Gasteiger partial charge in [-0.2, -0.15) is 0 Å². The van der Waals surface area contributed by atoms with Crippen LogP contribution >= 0.6 is 0 Å². The van der Waals surface area contributed by atoms with Crippen LogP contribution in [0.4, 0.5) is 0 Å². The molecule has 0 bridgehead atoms. The van der Waals surface area contributed by atoms with E-state index in [0.29, 0.717) is 6.42 Å². The van der Waals surface area contributed by atoms with Crippen LogP contribution < -0.4 is 0 Å². The molecule has 0 N–H and O–H groups in total. The maximum absolute atomic E-state index is 9.90. The summed E-state index contributed by atoms with van der Waals surface area (Å²) in [4.78, 5) is 9.38. The van der Waals surface area contributed by atoms with Gasteiger partial charge in [0.1, 0.15) is 0 Å². The summed E-state index contributed by atoms with van der Waals surface area (Å²) in [6, 6.07) is 10.0. The van der Waals surface area contributed by atoms with Gasteiger partial charge >= 0.3 is 0 Å². The Balaban J connectivity index is 2.30. The number of rotatable bonds is 3. The lowest BCUT2D eigenvalue weighted by Gasteiger charge is -1.93. The van der Waals surface area contributed by atoms with E-state index in [4.69, 9.17) is 0 Å². The molecule has 0 spiro atoms. The van der Waals surface area contributed by atoms with Crippen LogP contribution in [-0.2, 0) is 6.42 Å². The molecule has 0 aliphatic heterocycles. The van der Waals surface area contributed by atoms with E-state index >= 15 is 0 Å². The molecule has 0 radical (unpaired) electrons. The van der Waals surface area contributed by atoms with Crippen molar-refractivity contribution in [3.05, 3.63) is 58.3 Å². The Bertz CT molecular complexity index is 399. The second-order valence-electron chi connectivity index (χ2n) is 2.91. The number of hydrogen-bond acceptors (Lipinski definition) is 2. The van der Waals surface area contributed by atoms with Crippen LogP contribution in [0.25, 0.3) is 0 Å². The van der Waals surface area contributed by atoms with Gasteiger partial charge in [-0.3, -0.25) is 10.1 Å². The fourth-order valence-electron chi connectivity index (χ4n) is 1.08. The third kappa shape index (κ3) is 5.27. The highest BCUT2D eigenvalue weighted by Crippen LogP contribution is 2.00. The van der Waals surface area contributed by atoms with E-state index in [0.717, 1.165) is 12.6 Å². The summed E-state index contributed by atoms with van der Waals surface area (Å²) in [7, 11) is 0. The predicted octanol–water partition coefficient (Wildman–Crippen LogP) is 2.41. The van der Waals surface area contributed by atoms with Crippen molar-refractivity contribution >= 4 is 0 Å². The van der Waals surface area contributed by atoms with Crippen molar-refractivity contribution in [3.63, 3.8) is 0 Å². The normalized spacial score (nSPS) is 9.60. The summed E-state index contributed by atoms with van der Waals surface area (Å²) in [5.74, 6) is 5.46. The van der Waals surface area contributed by atoms with Crippen molar-refractivity contribution in [2.24, 2.45) is 0 Å². The average Bonchev–Trinajstić information content (AvgIpc) is 2.24. The molecule has 3 heteroatoms. The SMILES string of the molecule is O=[N+]([O-])/C=C/C#CCCc1ccccc1. The van der Waals surface area contributed by atoms with Crippen molar-refractivity contribution < 1.29 is 4.92 Å². The van der Waals surface area contributed by atoms with Gasteiger partial charge in [0, 0.05) is 6.42 Å². The first-order valence-corrected chi connectivity index (χ1v) is 4.61. The summed E-state index contributed by atoms with van der Waals surface area (Å²) in [5, 5.41) is 9.90. The predicted molar refractivity (Wildman–Crippen MR) is 58.7 cm³/mol. The molecule has 0 atom stereocenters. The summed E-state index contributed by atoms with van der Waals surface area (Å²) >= 11 is 0. The van der Waals surface area contributed by atoms with Crippen molar-refractivity contribution in [2.75, 3.05) is 0 Å². The van der Waals surface area contributed by atoms with Crippen molar-refractivity contribution in [3.8, 4) is 11.8 Å². The zero-order valence-electron chi connectivity index (χ0n) is 8.22. The van der Waals surface area contributed by atoms with Crippen molar-refractivity contribution in [1.29, 1.82) is 0 Å². The number of aryl methyl sites for hydroxylation is 1. The fourth-order valence-corrected chi connectivity index (χ4v) is 1.08. The van der Waals surface area contributed by atoms with Crippen LogP contribution in [0.5, 0.6) is 0 Å². The van der Waals surface area contributed by atoms with Crippen molar-refractivity contribution in [1.82, 2.24) is 0 Å². The Hall–Kier alpha value is -2.08. The van der Waals surface area contributed by atoms with Gasteiger partial charge in [-0.25, -0.2) is 0 Å². The molecular formula is C12H11NO2. The van der Waals surface area contributed by atoms with E-state index in [1.807, 2.05) is 30.3 Å². The first-order valence-electron chi connectivity index (χ1n) is 4.61. The largest absolute Gasteiger partial charge is 0.259 e. The third-order valence-electron chi connectivity index (χ3n) is 1.76. The molecule has 76 valence electrons. The van der Waals surface area contributed by atoms with Gasteiger partial charge in [-0.1, -0.05) is 42.2 Å². The van der Waals surface area contributed by atoms with Gasteiger partial charge in [0.25, 0.3) is 0 Å². The van der Waals surface area contributed by atoms with E-state index in [1.165, 1.54) is 11.6 Å². The number of hydrogen-bond donors (Lipinski definition) is 0. The van der Waals surface area contributed by atoms with E-state index in [2.05, 4.69) is 11.8 Å². The third-order valence-corrected chi connectivity index (χ3v) is 1.76. The molecule has 0 heterocycles. The van der Waals surface area contributed by atoms with E-state index < -0.39 is 4.92 Å². The monoisotopic (exact) mass is 201 g/mol. The van der Waals surface area contributed by atoms with Gasteiger partial charge in [-0.05, 0) is 12.0 Å². The van der Waals surface area contributed by atoms with Crippen molar-refractivity contribution in [2.45, 2.75) is 12.8 Å². The van der Waals surface area contributed by atoms with E-state index in [1.54, 1.807) is 0 Å². The Labute approximate surface area is 88.6 Å². The van der Waals surface area contributed by atoms with Crippen LogP contribution in [-0.4, -0.2) is 4.92 Å². The number of nitro groups is 1. The lowest BCUT2D eigenvalue weighted by atomic mass is 10.1. The summed E-state index contributed by atoms with van der Waals surface area (Å²) in [5.41, 5.74) is 1.23. The van der Waals surface area contributed by atoms with Gasteiger partial charge in [0.15, 0.2) is 0 Å². The lowest BCUT2D eigenvalue weighted by Crippen LogP contribution is -1.82. The minimum atomic E-state index is -0.522. The number of benzene rings is 1. The van der Waals surface area contributed by atoms with Gasteiger partial charge in [-0.15, -0.1) is 0 Å². The molecule has 1 aromatic carbocycles. The maximum Gasteiger partial charge on any atom is 0.242 e.